The van der Waals surface area contributed by atoms with Crippen molar-refractivity contribution in [1.82, 2.24) is 4.98 Å². The number of benzene rings is 1. The summed E-state index contributed by atoms with van der Waals surface area (Å²) in [7, 11) is 1.63. The van der Waals surface area contributed by atoms with Crippen LogP contribution in [0.3, 0.4) is 0 Å². The van der Waals surface area contributed by atoms with Crippen molar-refractivity contribution in [3.63, 3.8) is 0 Å². The number of hydrogen-bond acceptors (Lipinski definition) is 5. The van der Waals surface area contributed by atoms with Crippen LogP contribution < -0.4 is 9.64 Å². The predicted molar refractivity (Wildman–Crippen MR) is 88.6 cm³/mol. The molecule has 0 amide bonds. The highest BCUT2D eigenvalue weighted by Gasteiger charge is 2.16. The first-order chi connectivity index (χ1) is 10.4. The number of nitrogens with zero attached hydrogens (tertiary/aromatic N) is 2. The van der Waals surface area contributed by atoms with Crippen molar-refractivity contribution in [3.8, 4) is 5.75 Å². The fraction of sp³-hybridized carbons (Fsp3) is 0.471. The summed E-state index contributed by atoms with van der Waals surface area (Å²) in [4.78, 5) is 6.59. The van der Waals surface area contributed by atoms with Gasteiger partial charge in [-0.05, 0) is 38.5 Å². The number of anilines is 1. The largest absolute Gasteiger partial charge is 0.494 e. The van der Waals surface area contributed by atoms with E-state index in [9.17, 15) is 10.2 Å². The molecule has 0 aliphatic rings. The molecule has 5 heteroatoms. The maximum atomic E-state index is 9.70. The molecular weight excluding hydrogens is 280 g/mol. The normalized spacial score (nSPS) is 13.9. The van der Waals surface area contributed by atoms with Crippen LogP contribution in [0.15, 0.2) is 24.3 Å². The Labute approximate surface area is 131 Å². The summed E-state index contributed by atoms with van der Waals surface area (Å²) >= 11 is 0. The van der Waals surface area contributed by atoms with Crippen molar-refractivity contribution >= 4 is 16.7 Å². The third kappa shape index (κ3) is 3.67. The molecule has 2 unspecified atom stereocenters. The Morgan fingerprint density at radius 1 is 1.18 bits per heavy atom. The minimum atomic E-state index is -0.505. The standard InChI is InChI=1S/C17H24N2O3/c1-11-8-16(19(9-12(2)20)10-13(3)21)18-17-14(11)6-5-7-15(17)22-4/h5-8,12-13,20-21H,9-10H2,1-4H3. The molecule has 22 heavy (non-hydrogen) atoms. The second-order valence-electron chi connectivity index (χ2n) is 5.76. The smallest absolute Gasteiger partial charge is 0.145 e. The van der Waals surface area contributed by atoms with Gasteiger partial charge >= 0.3 is 0 Å². The molecule has 2 atom stereocenters. The summed E-state index contributed by atoms with van der Waals surface area (Å²) in [5.74, 6) is 1.45. The van der Waals surface area contributed by atoms with Crippen LogP contribution >= 0.6 is 0 Å². The molecular formula is C17H24N2O3. The summed E-state index contributed by atoms with van der Waals surface area (Å²) in [6, 6.07) is 7.81. The van der Waals surface area contributed by atoms with Crippen LogP contribution in [0.4, 0.5) is 5.82 Å². The van der Waals surface area contributed by atoms with Gasteiger partial charge in [0.1, 0.15) is 17.1 Å². The maximum Gasteiger partial charge on any atom is 0.145 e. The first-order valence-corrected chi connectivity index (χ1v) is 7.47. The summed E-state index contributed by atoms with van der Waals surface area (Å²) in [6.07, 6.45) is -1.01. The van der Waals surface area contributed by atoms with Gasteiger partial charge in [-0.3, -0.25) is 0 Å². The highest BCUT2D eigenvalue weighted by molar-refractivity contribution is 5.88. The molecule has 1 aromatic carbocycles. The number of aryl methyl sites for hydroxylation is 1. The third-order valence-corrected chi connectivity index (χ3v) is 3.51. The number of methoxy groups -OCH3 is 1. The van der Waals surface area contributed by atoms with Crippen molar-refractivity contribution in [3.05, 3.63) is 29.8 Å². The highest BCUT2D eigenvalue weighted by atomic mass is 16.5. The molecule has 0 bridgehead atoms. The molecule has 0 radical (unpaired) electrons. The Bertz CT molecular complexity index is 631. The van der Waals surface area contributed by atoms with E-state index in [1.54, 1.807) is 21.0 Å². The molecule has 120 valence electrons. The topological polar surface area (TPSA) is 65.8 Å². The van der Waals surface area contributed by atoms with Crippen molar-refractivity contribution < 1.29 is 14.9 Å². The van der Waals surface area contributed by atoms with E-state index in [1.807, 2.05) is 36.1 Å². The van der Waals surface area contributed by atoms with E-state index in [2.05, 4.69) is 0 Å². The summed E-state index contributed by atoms with van der Waals surface area (Å²) in [5.41, 5.74) is 1.88. The molecule has 0 aliphatic heterocycles. The SMILES string of the molecule is COc1cccc2c(C)cc(N(CC(C)O)CC(C)O)nc12. The molecule has 2 N–H and O–H groups in total. The number of para-hydroxylation sites is 1. The Hall–Kier alpha value is -1.85. The summed E-state index contributed by atoms with van der Waals surface area (Å²) in [5, 5.41) is 20.4. The zero-order valence-corrected chi connectivity index (χ0v) is 13.6. The van der Waals surface area contributed by atoms with Crippen LogP contribution in [0.25, 0.3) is 10.9 Å². The van der Waals surface area contributed by atoms with E-state index in [-0.39, 0.29) is 0 Å². The lowest BCUT2D eigenvalue weighted by Gasteiger charge is -2.27. The average molecular weight is 304 g/mol. The van der Waals surface area contributed by atoms with Crippen molar-refractivity contribution in [2.75, 3.05) is 25.1 Å². The zero-order valence-electron chi connectivity index (χ0n) is 13.6. The molecule has 1 heterocycles. The Morgan fingerprint density at radius 2 is 1.82 bits per heavy atom. The number of ether oxygens (including phenoxy) is 1. The van der Waals surface area contributed by atoms with Gasteiger partial charge in [0.25, 0.3) is 0 Å². The number of aliphatic hydroxyl groups is 2. The minimum Gasteiger partial charge on any atom is -0.494 e. The fourth-order valence-corrected chi connectivity index (χ4v) is 2.60. The van der Waals surface area contributed by atoms with E-state index in [1.165, 1.54) is 0 Å². The van der Waals surface area contributed by atoms with Crippen LogP contribution in [-0.4, -0.2) is 47.6 Å². The number of pyridine rings is 1. The minimum absolute atomic E-state index is 0.415. The summed E-state index contributed by atoms with van der Waals surface area (Å²) in [6.45, 7) is 6.30. The molecule has 2 aromatic rings. The van der Waals surface area contributed by atoms with Gasteiger partial charge in [-0.1, -0.05) is 12.1 Å². The predicted octanol–water partition coefficient (Wildman–Crippen LogP) is 2.12. The van der Waals surface area contributed by atoms with Crippen molar-refractivity contribution in [2.45, 2.75) is 33.0 Å². The van der Waals surface area contributed by atoms with Gasteiger partial charge in [-0.25, -0.2) is 4.98 Å². The lowest BCUT2D eigenvalue weighted by molar-refractivity contribution is 0.178. The van der Waals surface area contributed by atoms with Gasteiger partial charge in [0, 0.05) is 18.5 Å². The molecule has 0 fully saturated rings. The number of hydrogen-bond donors (Lipinski definition) is 2. The number of aromatic nitrogens is 1. The maximum absolute atomic E-state index is 9.70. The first kappa shape index (κ1) is 16.5. The zero-order chi connectivity index (χ0) is 16.3. The van der Waals surface area contributed by atoms with Gasteiger partial charge in [-0.2, -0.15) is 0 Å². The molecule has 5 nitrogen and oxygen atoms in total. The molecule has 1 aromatic heterocycles. The van der Waals surface area contributed by atoms with Crippen molar-refractivity contribution in [1.29, 1.82) is 0 Å². The lowest BCUT2D eigenvalue weighted by atomic mass is 10.1. The van der Waals surface area contributed by atoms with E-state index < -0.39 is 12.2 Å². The molecule has 0 spiro atoms. The van der Waals surface area contributed by atoms with Gasteiger partial charge in [0.05, 0.1) is 19.3 Å². The lowest BCUT2D eigenvalue weighted by Crippen LogP contribution is -2.37. The first-order valence-electron chi connectivity index (χ1n) is 7.47. The van der Waals surface area contributed by atoms with Gasteiger partial charge in [0.15, 0.2) is 0 Å². The molecule has 2 rings (SSSR count). The fourth-order valence-electron chi connectivity index (χ4n) is 2.60. The van der Waals surface area contributed by atoms with E-state index >= 15 is 0 Å². The second-order valence-corrected chi connectivity index (χ2v) is 5.76. The Kier molecular flexibility index (Phi) is 5.21. The van der Waals surface area contributed by atoms with Crippen LogP contribution in [0.5, 0.6) is 5.75 Å². The average Bonchev–Trinajstić information content (AvgIpc) is 2.45. The molecule has 0 aliphatic carbocycles. The van der Waals surface area contributed by atoms with Crippen molar-refractivity contribution in [2.24, 2.45) is 0 Å². The van der Waals surface area contributed by atoms with Gasteiger partial charge < -0.3 is 19.8 Å². The number of rotatable bonds is 6. The molecule has 0 saturated heterocycles. The van der Waals surface area contributed by atoms with E-state index in [4.69, 9.17) is 9.72 Å². The van der Waals surface area contributed by atoms with Gasteiger partial charge in [-0.15, -0.1) is 0 Å². The van der Waals surface area contributed by atoms with Crippen LogP contribution in [-0.2, 0) is 0 Å². The number of aliphatic hydroxyl groups excluding tert-OH is 2. The number of fused-ring (bicyclic) bond motifs is 1. The monoisotopic (exact) mass is 304 g/mol. The Balaban J connectivity index is 2.52. The molecule has 0 saturated carbocycles. The summed E-state index contributed by atoms with van der Waals surface area (Å²) < 4.78 is 5.40. The highest BCUT2D eigenvalue weighted by Crippen LogP contribution is 2.29. The third-order valence-electron chi connectivity index (χ3n) is 3.51. The van der Waals surface area contributed by atoms with E-state index in [0.717, 1.165) is 28.0 Å². The quantitative estimate of drug-likeness (QED) is 0.856. The van der Waals surface area contributed by atoms with E-state index in [0.29, 0.717) is 13.1 Å². The second kappa shape index (κ2) is 6.94. The van der Waals surface area contributed by atoms with Crippen LogP contribution in [0.1, 0.15) is 19.4 Å². The van der Waals surface area contributed by atoms with Crippen LogP contribution in [0.2, 0.25) is 0 Å². The van der Waals surface area contributed by atoms with Gasteiger partial charge in [0.2, 0.25) is 0 Å². The van der Waals surface area contributed by atoms with Crippen LogP contribution in [0, 0.1) is 6.92 Å². The Morgan fingerprint density at radius 3 is 2.36 bits per heavy atom.